The Bertz CT molecular complexity index is 164. The van der Waals surface area contributed by atoms with Crippen molar-refractivity contribution in [3.05, 3.63) is 0 Å². The van der Waals surface area contributed by atoms with Gasteiger partial charge in [-0.05, 0) is 0 Å². The lowest BCUT2D eigenvalue weighted by molar-refractivity contribution is -0.139. The van der Waals surface area contributed by atoms with E-state index in [4.69, 9.17) is 10.4 Å². The molecule has 0 fully saturated rings. The van der Waals surface area contributed by atoms with Crippen LogP contribution >= 0.6 is 0 Å². The molecule has 0 aliphatic carbocycles. The van der Waals surface area contributed by atoms with Crippen LogP contribution in [-0.2, 0) is 9.53 Å². The minimum Gasteiger partial charge on any atom is -0.468 e. The zero-order valence-corrected chi connectivity index (χ0v) is 6.20. The Labute approximate surface area is 64.6 Å². The van der Waals surface area contributed by atoms with Gasteiger partial charge in [0.05, 0.1) is 26.3 Å². The van der Waals surface area contributed by atoms with Crippen LogP contribution in [0.1, 0.15) is 0 Å². The third-order valence-electron chi connectivity index (χ3n) is 1.06. The van der Waals surface area contributed by atoms with Crippen molar-refractivity contribution in [2.45, 2.75) is 6.04 Å². The Hall–Kier alpha value is -1.12. The van der Waals surface area contributed by atoms with Gasteiger partial charge < -0.3 is 9.84 Å². The zero-order chi connectivity index (χ0) is 8.69. The zero-order valence-electron chi connectivity index (χ0n) is 6.20. The fourth-order valence-corrected chi connectivity index (χ4v) is 0.430. The van der Waals surface area contributed by atoms with Gasteiger partial charge in [0.1, 0.15) is 6.04 Å². The third kappa shape index (κ3) is 4.31. The summed E-state index contributed by atoms with van der Waals surface area (Å²) in [4.78, 5) is 10.5. The maximum absolute atomic E-state index is 10.5. The fourth-order valence-electron chi connectivity index (χ4n) is 0.430. The molecular weight excluding hydrogens is 148 g/mol. The smallest absolute Gasteiger partial charge is 0.319 e. The summed E-state index contributed by atoms with van der Waals surface area (Å²) >= 11 is 0. The van der Waals surface area contributed by atoms with Crippen molar-refractivity contribution in [2.24, 2.45) is 0 Å². The van der Waals surface area contributed by atoms with Gasteiger partial charge in [0.25, 0.3) is 0 Å². The van der Waals surface area contributed by atoms with Gasteiger partial charge in [-0.1, -0.05) is 0 Å². The molecule has 0 aromatic heterocycles. The summed E-state index contributed by atoms with van der Waals surface area (Å²) in [5.74, 6) is -0.460. The average molecular weight is 158 g/mol. The Morgan fingerprint density at radius 3 is 2.91 bits per heavy atom. The van der Waals surface area contributed by atoms with E-state index in [0.717, 1.165) is 0 Å². The van der Waals surface area contributed by atoms with Crippen molar-refractivity contribution >= 4 is 5.97 Å². The summed E-state index contributed by atoms with van der Waals surface area (Å²) in [5.41, 5.74) is 0. The molecule has 0 saturated heterocycles. The molecule has 0 spiro atoms. The second-order valence-electron chi connectivity index (χ2n) is 1.82. The fraction of sp³-hybridized carbons (Fsp3) is 0.667. The second-order valence-corrected chi connectivity index (χ2v) is 1.82. The molecule has 2 N–H and O–H groups in total. The van der Waals surface area contributed by atoms with Gasteiger partial charge in [-0.3, -0.25) is 10.1 Å². The molecule has 0 saturated carbocycles. The molecule has 0 aliphatic heterocycles. The molecule has 0 bridgehead atoms. The number of nitriles is 1. The first-order chi connectivity index (χ1) is 5.24. The summed E-state index contributed by atoms with van der Waals surface area (Å²) in [6.07, 6.45) is 0. The number of hydrogen-bond donors (Lipinski definition) is 2. The van der Waals surface area contributed by atoms with E-state index in [1.807, 2.05) is 0 Å². The van der Waals surface area contributed by atoms with Gasteiger partial charge >= 0.3 is 5.97 Å². The SMILES string of the molecule is COC(=O)CNC(C#N)CO. The molecule has 0 aromatic rings. The van der Waals surface area contributed by atoms with Crippen LogP contribution in [0.2, 0.25) is 0 Å². The van der Waals surface area contributed by atoms with Gasteiger partial charge in [0.2, 0.25) is 0 Å². The predicted molar refractivity (Wildman–Crippen MR) is 36.5 cm³/mol. The topological polar surface area (TPSA) is 82.3 Å². The van der Waals surface area contributed by atoms with Crippen LogP contribution in [-0.4, -0.2) is 37.4 Å². The highest BCUT2D eigenvalue weighted by Crippen LogP contribution is 1.78. The van der Waals surface area contributed by atoms with Crippen LogP contribution in [0.15, 0.2) is 0 Å². The maximum atomic E-state index is 10.5. The number of nitrogens with one attached hydrogen (secondary N) is 1. The molecule has 0 rings (SSSR count). The van der Waals surface area contributed by atoms with Crippen LogP contribution in [0.25, 0.3) is 0 Å². The van der Waals surface area contributed by atoms with E-state index in [1.165, 1.54) is 7.11 Å². The van der Waals surface area contributed by atoms with Crippen molar-refractivity contribution in [1.82, 2.24) is 5.32 Å². The number of carbonyl (C=O) groups is 1. The molecule has 5 heteroatoms. The first-order valence-electron chi connectivity index (χ1n) is 3.05. The maximum Gasteiger partial charge on any atom is 0.319 e. The van der Waals surface area contributed by atoms with Gasteiger partial charge in [0.15, 0.2) is 0 Å². The standard InChI is InChI=1S/C6H10N2O3/c1-11-6(10)3-8-5(2-7)4-9/h5,8-9H,3-4H2,1H3. The minimum atomic E-state index is -0.700. The lowest BCUT2D eigenvalue weighted by atomic mass is 10.3. The number of methoxy groups -OCH3 is 1. The number of aliphatic hydroxyl groups excluding tert-OH is 1. The number of nitrogens with zero attached hydrogens (tertiary/aromatic N) is 1. The molecule has 62 valence electrons. The highest BCUT2D eigenvalue weighted by Gasteiger charge is 2.06. The molecule has 5 nitrogen and oxygen atoms in total. The van der Waals surface area contributed by atoms with Crippen LogP contribution in [0.4, 0.5) is 0 Å². The Morgan fingerprint density at radius 2 is 2.55 bits per heavy atom. The average Bonchev–Trinajstić information content (AvgIpc) is 2.06. The van der Waals surface area contributed by atoms with Crippen LogP contribution < -0.4 is 5.32 Å². The number of ether oxygens (including phenoxy) is 1. The lowest BCUT2D eigenvalue weighted by Crippen LogP contribution is -2.35. The molecule has 0 radical (unpaired) electrons. The summed E-state index contributed by atoms with van der Waals surface area (Å²) in [7, 11) is 1.25. The first kappa shape index (κ1) is 9.88. The second kappa shape index (κ2) is 5.65. The number of aliphatic hydroxyl groups is 1. The van der Waals surface area contributed by atoms with E-state index in [2.05, 4.69) is 10.1 Å². The molecular formula is C6H10N2O3. The summed E-state index contributed by atoms with van der Waals surface area (Å²) < 4.78 is 4.30. The van der Waals surface area contributed by atoms with Crippen molar-refractivity contribution < 1.29 is 14.6 Å². The monoisotopic (exact) mass is 158 g/mol. The molecule has 1 atom stereocenters. The van der Waals surface area contributed by atoms with Gasteiger partial charge in [-0.25, -0.2) is 0 Å². The summed E-state index contributed by atoms with van der Waals surface area (Å²) in [6.45, 7) is -0.372. The molecule has 0 amide bonds. The van der Waals surface area contributed by atoms with E-state index >= 15 is 0 Å². The Morgan fingerprint density at radius 1 is 1.91 bits per heavy atom. The van der Waals surface area contributed by atoms with E-state index in [-0.39, 0.29) is 13.2 Å². The van der Waals surface area contributed by atoms with Crippen LogP contribution in [0, 0.1) is 11.3 Å². The predicted octanol–water partition coefficient (Wildman–Crippen LogP) is -1.37. The Balaban J connectivity index is 3.52. The Kier molecular flexibility index (Phi) is 5.07. The van der Waals surface area contributed by atoms with Gasteiger partial charge in [-0.15, -0.1) is 0 Å². The number of rotatable bonds is 4. The summed E-state index contributed by atoms with van der Waals surface area (Å²) in [6, 6.07) is 1.06. The first-order valence-corrected chi connectivity index (χ1v) is 3.05. The van der Waals surface area contributed by atoms with Crippen LogP contribution in [0.5, 0.6) is 0 Å². The minimum absolute atomic E-state index is 0.0602. The van der Waals surface area contributed by atoms with Gasteiger partial charge in [-0.2, -0.15) is 5.26 Å². The lowest BCUT2D eigenvalue weighted by Gasteiger charge is -2.05. The van der Waals surface area contributed by atoms with E-state index in [9.17, 15) is 4.79 Å². The quantitative estimate of drug-likeness (QED) is 0.493. The van der Waals surface area contributed by atoms with Crippen molar-refractivity contribution in [3.8, 4) is 6.07 Å². The molecule has 0 aromatic carbocycles. The highest BCUT2D eigenvalue weighted by molar-refractivity contribution is 5.71. The van der Waals surface area contributed by atoms with E-state index in [0.29, 0.717) is 0 Å². The highest BCUT2D eigenvalue weighted by atomic mass is 16.5. The largest absolute Gasteiger partial charge is 0.468 e. The van der Waals surface area contributed by atoms with Crippen molar-refractivity contribution in [1.29, 1.82) is 5.26 Å². The van der Waals surface area contributed by atoms with Crippen LogP contribution in [0.3, 0.4) is 0 Å². The van der Waals surface area contributed by atoms with Crippen molar-refractivity contribution in [3.63, 3.8) is 0 Å². The normalized spacial score (nSPS) is 11.7. The van der Waals surface area contributed by atoms with E-state index < -0.39 is 12.0 Å². The number of esters is 1. The number of carbonyl (C=O) groups excluding carboxylic acids is 1. The summed E-state index contributed by atoms with van der Waals surface area (Å²) in [5, 5.41) is 19.2. The van der Waals surface area contributed by atoms with Crippen molar-refractivity contribution in [2.75, 3.05) is 20.3 Å². The number of hydrogen-bond acceptors (Lipinski definition) is 5. The molecule has 11 heavy (non-hydrogen) atoms. The van der Waals surface area contributed by atoms with E-state index in [1.54, 1.807) is 6.07 Å². The molecule has 0 heterocycles. The third-order valence-corrected chi connectivity index (χ3v) is 1.06. The van der Waals surface area contributed by atoms with Gasteiger partial charge in [0, 0.05) is 0 Å². The molecule has 0 aliphatic rings. The molecule has 1 unspecified atom stereocenters.